The molecular formula is C16H17Cl2NO. The van der Waals surface area contributed by atoms with Crippen LogP contribution >= 0.6 is 23.2 Å². The van der Waals surface area contributed by atoms with Crippen LogP contribution in [-0.4, -0.2) is 5.78 Å². The minimum atomic E-state index is -0.775. The molecular weight excluding hydrogens is 293 g/mol. The average Bonchev–Trinajstić information content (AvgIpc) is 2.70. The number of rotatable bonds is 3. The Kier molecular flexibility index (Phi) is 5.46. The van der Waals surface area contributed by atoms with Crippen molar-refractivity contribution in [1.29, 1.82) is 5.26 Å². The molecule has 1 aromatic carbocycles. The number of nitrogens with zero attached hydrogens (tertiary/aromatic N) is 1. The highest BCUT2D eigenvalue weighted by atomic mass is 35.5. The van der Waals surface area contributed by atoms with Crippen LogP contribution in [0, 0.1) is 17.2 Å². The van der Waals surface area contributed by atoms with E-state index in [1.54, 1.807) is 18.2 Å². The van der Waals surface area contributed by atoms with Gasteiger partial charge in [-0.25, -0.2) is 0 Å². The van der Waals surface area contributed by atoms with Crippen LogP contribution in [0.3, 0.4) is 0 Å². The van der Waals surface area contributed by atoms with Gasteiger partial charge >= 0.3 is 0 Å². The molecule has 2 rings (SSSR count). The van der Waals surface area contributed by atoms with E-state index in [0.29, 0.717) is 15.6 Å². The van der Waals surface area contributed by atoms with E-state index < -0.39 is 5.92 Å². The standard InChI is InChI=1S/C16H17Cl2NO/c17-12-7-8-13(15(18)9-12)14(10-19)16(20)11-5-3-1-2-4-6-11/h7-9,11,14H,1-6H2. The van der Waals surface area contributed by atoms with E-state index in [0.717, 1.165) is 25.7 Å². The van der Waals surface area contributed by atoms with Crippen molar-refractivity contribution in [2.45, 2.75) is 44.4 Å². The summed E-state index contributed by atoms with van der Waals surface area (Å²) in [4.78, 5) is 12.6. The fraction of sp³-hybridized carbons (Fsp3) is 0.500. The number of nitriles is 1. The topological polar surface area (TPSA) is 40.9 Å². The Balaban J connectivity index is 2.22. The first-order valence-corrected chi connectivity index (χ1v) is 7.77. The molecule has 0 amide bonds. The Morgan fingerprint density at radius 2 is 1.85 bits per heavy atom. The molecule has 0 N–H and O–H groups in total. The van der Waals surface area contributed by atoms with Crippen molar-refractivity contribution >= 4 is 29.0 Å². The Bertz CT molecular complexity index is 528. The number of carbonyl (C=O) groups is 1. The summed E-state index contributed by atoms with van der Waals surface area (Å²) in [7, 11) is 0. The highest BCUT2D eigenvalue weighted by Gasteiger charge is 2.29. The summed E-state index contributed by atoms with van der Waals surface area (Å²) in [6.07, 6.45) is 6.29. The van der Waals surface area contributed by atoms with Gasteiger partial charge in [-0.3, -0.25) is 4.79 Å². The van der Waals surface area contributed by atoms with Crippen molar-refractivity contribution in [2.75, 3.05) is 0 Å². The molecule has 1 aliphatic carbocycles. The molecule has 106 valence electrons. The minimum Gasteiger partial charge on any atom is -0.298 e. The first-order chi connectivity index (χ1) is 9.63. The summed E-state index contributed by atoms with van der Waals surface area (Å²) in [5.74, 6) is -0.768. The van der Waals surface area contributed by atoms with E-state index in [4.69, 9.17) is 23.2 Å². The van der Waals surface area contributed by atoms with Crippen LogP contribution in [0.5, 0.6) is 0 Å². The number of carbonyl (C=O) groups excluding carboxylic acids is 1. The van der Waals surface area contributed by atoms with Gasteiger partial charge in [0.05, 0.1) is 6.07 Å². The van der Waals surface area contributed by atoms with Gasteiger partial charge in [-0.15, -0.1) is 0 Å². The molecule has 1 aliphatic rings. The SMILES string of the molecule is N#CC(C(=O)C1CCCCCC1)c1ccc(Cl)cc1Cl. The number of Topliss-reactive ketones (excluding diaryl/α,β-unsaturated/α-hetero) is 1. The van der Waals surface area contributed by atoms with E-state index in [9.17, 15) is 10.1 Å². The second kappa shape index (κ2) is 7.11. The molecule has 1 atom stereocenters. The summed E-state index contributed by atoms with van der Waals surface area (Å²) in [5, 5.41) is 10.3. The van der Waals surface area contributed by atoms with Crippen LogP contribution in [0.2, 0.25) is 10.0 Å². The van der Waals surface area contributed by atoms with Crippen molar-refractivity contribution < 1.29 is 4.79 Å². The Hall–Kier alpha value is -1.04. The van der Waals surface area contributed by atoms with Crippen molar-refractivity contribution in [3.05, 3.63) is 33.8 Å². The zero-order valence-corrected chi connectivity index (χ0v) is 12.8. The van der Waals surface area contributed by atoms with Gasteiger partial charge in [-0.2, -0.15) is 5.26 Å². The summed E-state index contributed by atoms with van der Waals surface area (Å²) >= 11 is 12.0. The largest absolute Gasteiger partial charge is 0.298 e. The van der Waals surface area contributed by atoms with E-state index in [2.05, 4.69) is 6.07 Å². The summed E-state index contributed by atoms with van der Waals surface area (Å²) in [6, 6.07) is 7.07. The molecule has 0 spiro atoms. The molecule has 0 saturated heterocycles. The summed E-state index contributed by atoms with van der Waals surface area (Å²) in [6.45, 7) is 0. The smallest absolute Gasteiger partial charge is 0.157 e. The third-order valence-corrected chi connectivity index (χ3v) is 4.51. The number of ketones is 1. The molecule has 1 aromatic rings. The van der Waals surface area contributed by atoms with Crippen LogP contribution in [0.25, 0.3) is 0 Å². The second-order valence-electron chi connectivity index (χ2n) is 5.32. The lowest BCUT2D eigenvalue weighted by molar-refractivity contribution is -0.123. The van der Waals surface area contributed by atoms with Crippen molar-refractivity contribution in [3.63, 3.8) is 0 Å². The van der Waals surface area contributed by atoms with E-state index in [1.807, 2.05) is 0 Å². The predicted octanol–water partition coefficient (Wildman–Crippen LogP) is 5.14. The van der Waals surface area contributed by atoms with Gasteiger partial charge in [-0.05, 0) is 30.5 Å². The van der Waals surface area contributed by atoms with Crippen LogP contribution in [0.15, 0.2) is 18.2 Å². The molecule has 0 heterocycles. The van der Waals surface area contributed by atoms with E-state index >= 15 is 0 Å². The van der Waals surface area contributed by atoms with Crippen LogP contribution in [-0.2, 0) is 4.79 Å². The molecule has 2 nitrogen and oxygen atoms in total. The molecule has 1 unspecified atom stereocenters. The second-order valence-corrected chi connectivity index (χ2v) is 6.16. The van der Waals surface area contributed by atoms with Crippen LogP contribution in [0.4, 0.5) is 0 Å². The monoisotopic (exact) mass is 309 g/mol. The van der Waals surface area contributed by atoms with Gasteiger partial charge in [0.1, 0.15) is 5.92 Å². The van der Waals surface area contributed by atoms with Crippen molar-refractivity contribution in [1.82, 2.24) is 0 Å². The van der Waals surface area contributed by atoms with Crippen LogP contribution < -0.4 is 0 Å². The van der Waals surface area contributed by atoms with E-state index in [1.165, 1.54) is 12.8 Å². The Labute approximate surface area is 129 Å². The lowest BCUT2D eigenvalue weighted by Gasteiger charge is -2.17. The Morgan fingerprint density at radius 3 is 2.40 bits per heavy atom. The van der Waals surface area contributed by atoms with Crippen molar-refractivity contribution in [3.8, 4) is 6.07 Å². The first-order valence-electron chi connectivity index (χ1n) is 7.01. The number of hydrogen-bond donors (Lipinski definition) is 0. The fourth-order valence-corrected chi connectivity index (χ4v) is 3.34. The fourth-order valence-electron chi connectivity index (χ4n) is 2.82. The molecule has 20 heavy (non-hydrogen) atoms. The zero-order valence-electron chi connectivity index (χ0n) is 11.2. The van der Waals surface area contributed by atoms with Gasteiger partial charge < -0.3 is 0 Å². The average molecular weight is 310 g/mol. The number of benzene rings is 1. The lowest BCUT2D eigenvalue weighted by Crippen LogP contribution is -2.21. The normalized spacial score (nSPS) is 18.1. The zero-order chi connectivity index (χ0) is 14.5. The number of halogens is 2. The molecule has 1 saturated carbocycles. The first kappa shape index (κ1) is 15.4. The highest BCUT2D eigenvalue weighted by Crippen LogP contribution is 2.33. The summed E-state index contributed by atoms with van der Waals surface area (Å²) < 4.78 is 0. The maximum atomic E-state index is 12.6. The molecule has 0 radical (unpaired) electrons. The molecule has 0 bridgehead atoms. The molecule has 1 fully saturated rings. The minimum absolute atomic E-state index is 0.00565. The van der Waals surface area contributed by atoms with Gasteiger partial charge in [0.25, 0.3) is 0 Å². The maximum Gasteiger partial charge on any atom is 0.157 e. The maximum absolute atomic E-state index is 12.6. The predicted molar refractivity (Wildman–Crippen MR) is 81.0 cm³/mol. The molecule has 0 aromatic heterocycles. The lowest BCUT2D eigenvalue weighted by atomic mass is 9.84. The quantitative estimate of drug-likeness (QED) is 0.725. The van der Waals surface area contributed by atoms with Crippen LogP contribution in [0.1, 0.15) is 50.0 Å². The van der Waals surface area contributed by atoms with Crippen molar-refractivity contribution in [2.24, 2.45) is 5.92 Å². The summed E-state index contributed by atoms with van der Waals surface area (Å²) in [5.41, 5.74) is 0.577. The van der Waals surface area contributed by atoms with Gasteiger partial charge in [0, 0.05) is 16.0 Å². The van der Waals surface area contributed by atoms with Gasteiger partial charge in [0.2, 0.25) is 0 Å². The molecule has 4 heteroatoms. The van der Waals surface area contributed by atoms with Gasteiger partial charge in [-0.1, -0.05) is 55.0 Å². The highest BCUT2D eigenvalue weighted by molar-refractivity contribution is 6.35. The van der Waals surface area contributed by atoms with E-state index in [-0.39, 0.29) is 11.7 Å². The Morgan fingerprint density at radius 1 is 1.20 bits per heavy atom. The molecule has 0 aliphatic heterocycles. The third kappa shape index (κ3) is 3.53. The van der Waals surface area contributed by atoms with Gasteiger partial charge in [0.15, 0.2) is 5.78 Å². The number of hydrogen-bond acceptors (Lipinski definition) is 2. The third-order valence-electron chi connectivity index (χ3n) is 3.94.